The van der Waals surface area contributed by atoms with Crippen molar-refractivity contribution in [3.05, 3.63) is 21.4 Å². The quantitative estimate of drug-likeness (QED) is 0.617. The van der Waals surface area contributed by atoms with Crippen molar-refractivity contribution in [2.75, 3.05) is 6.54 Å². The van der Waals surface area contributed by atoms with Crippen molar-refractivity contribution in [1.82, 2.24) is 5.32 Å². The Hall–Kier alpha value is -0.940. The Morgan fingerprint density at radius 1 is 1.47 bits per heavy atom. The number of thiophene rings is 1. The molecule has 3 N–H and O–H groups in total. The lowest BCUT2D eigenvalue weighted by molar-refractivity contribution is 0.0957. The number of hydrogen-bond acceptors (Lipinski definition) is 3. The molecule has 0 aliphatic heterocycles. The lowest BCUT2D eigenvalue weighted by Crippen LogP contribution is -2.23. The van der Waals surface area contributed by atoms with E-state index in [4.69, 9.17) is 18.0 Å². The number of amides is 1. The first kappa shape index (κ1) is 14.1. The average molecular weight is 270 g/mol. The van der Waals surface area contributed by atoms with Crippen LogP contribution in [0, 0.1) is 13.8 Å². The third-order valence-electron chi connectivity index (χ3n) is 2.53. The van der Waals surface area contributed by atoms with Crippen molar-refractivity contribution in [1.29, 1.82) is 0 Å². The molecule has 1 aromatic heterocycles. The van der Waals surface area contributed by atoms with Gasteiger partial charge in [0.2, 0.25) is 0 Å². The molecule has 1 heterocycles. The average Bonchev–Trinajstić information content (AvgIpc) is 2.58. The molecule has 0 radical (unpaired) electrons. The normalized spacial score (nSPS) is 10.2. The van der Waals surface area contributed by atoms with Crippen LogP contribution in [0.5, 0.6) is 0 Å². The Morgan fingerprint density at radius 2 is 2.18 bits per heavy atom. The fourth-order valence-electron chi connectivity index (χ4n) is 1.40. The second-order valence-corrected chi connectivity index (χ2v) is 5.81. The molecule has 0 saturated carbocycles. The second kappa shape index (κ2) is 6.71. The van der Waals surface area contributed by atoms with Crippen molar-refractivity contribution in [3.63, 3.8) is 0 Å². The van der Waals surface area contributed by atoms with Gasteiger partial charge >= 0.3 is 0 Å². The van der Waals surface area contributed by atoms with Gasteiger partial charge in [0.1, 0.15) is 0 Å². The molecule has 0 unspecified atom stereocenters. The number of carbonyl (C=O) groups is 1. The predicted molar refractivity (Wildman–Crippen MR) is 76.8 cm³/mol. The third kappa shape index (κ3) is 4.83. The van der Waals surface area contributed by atoms with E-state index in [-0.39, 0.29) is 5.91 Å². The highest BCUT2D eigenvalue weighted by Crippen LogP contribution is 2.20. The number of thiocarbonyl (C=S) groups is 1. The number of carbonyl (C=O) groups excluding carboxylic acids is 1. The van der Waals surface area contributed by atoms with E-state index in [1.807, 2.05) is 19.9 Å². The van der Waals surface area contributed by atoms with Crippen LogP contribution in [0.15, 0.2) is 6.07 Å². The third-order valence-corrected chi connectivity index (χ3v) is 3.88. The highest BCUT2D eigenvalue weighted by Gasteiger charge is 2.09. The van der Waals surface area contributed by atoms with Gasteiger partial charge < -0.3 is 11.1 Å². The maximum Gasteiger partial charge on any atom is 0.261 e. The minimum Gasteiger partial charge on any atom is -0.393 e. The molecule has 0 saturated heterocycles. The van der Waals surface area contributed by atoms with Crippen molar-refractivity contribution < 1.29 is 4.79 Å². The molecular weight excluding hydrogens is 252 g/mol. The van der Waals surface area contributed by atoms with Crippen molar-refractivity contribution in [2.24, 2.45) is 5.73 Å². The zero-order chi connectivity index (χ0) is 12.8. The molecule has 0 aliphatic rings. The van der Waals surface area contributed by atoms with E-state index >= 15 is 0 Å². The smallest absolute Gasteiger partial charge is 0.261 e. The summed E-state index contributed by atoms with van der Waals surface area (Å²) in [4.78, 5) is 14.3. The van der Waals surface area contributed by atoms with E-state index in [1.54, 1.807) is 0 Å². The van der Waals surface area contributed by atoms with Gasteiger partial charge in [-0.25, -0.2) is 0 Å². The Balaban J connectivity index is 2.28. The minimum atomic E-state index is 0.0153. The van der Waals surface area contributed by atoms with E-state index < -0.39 is 0 Å². The Labute approximate surface area is 111 Å². The first-order valence-electron chi connectivity index (χ1n) is 5.64. The highest BCUT2D eigenvalue weighted by molar-refractivity contribution is 7.80. The van der Waals surface area contributed by atoms with E-state index in [9.17, 15) is 4.79 Å². The standard InChI is InChI=1S/C12H18N2OS2/c1-8-7-10(17-9(8)2)12(15)14-6-4-3-5-11(13)16/h7H,3-6H2,1-2H3,(H2,13,16)(H,14,15). The fraction of sp³-hybridized carbons (Fsp3) is 0.500. The molecule has 1 rings (SSSR count). The SMILES string of the molecule is Cc1cc(C(=O)NCCCCC(N)=S)sc1C. The van der Waals surface area contributed by atoms with E-state index in [0.717, 1.165) is 24.1 Å². The molecular formula is C12H18N2OS2. The fourth-order valence-corrected chi connectivity index (χ4v) is 2.49. The molecule has 1 amide bonds. The number of nitrogens with one attached hydrogen (secondary N) is 1. The molecule has 0 fully saturated rings. The summed E-state index contributed by atoms with van der Waals surface area (Å²) in [5.41, 5.74) is 6.57. The Kier molecular flexibility index (Phi) is 5.58. The van der Waals surface area contributed by atoms with Crippen LogP contribution < -0.4 is 11.1 Å². The number of hydrogen-bond donors (Lipinski definition) is 2. The number of rotatable bonds is 6. The van der Waals surface area contributed by atoms with Gasteiger partial charge in [0.05, 0.1) is 9.87 Å². The summed E-state index contributed by atoms with van der Waals surface area (Å²) < 4.78 is 0. The van der Waals surface area contributed by atoms with Gasteiger partial charge in [0.15, 0.2) is 0 Å². The van der Waals surface area contributed by atoms with Crippen molar-refractivity contribution in [2.45, 2.75) is 33.1 Å². The van der Waals surface area contributed by atoms with Gasteiger partial charge in [-0.1, -0.05) is 12.2 Å². The molecule has 0 aromatic carbocycles. The van der Waals surface area contributed by atoms with Crippen LogP contribution in [0.4, 0.5) is 0 Å². The topological polar surface area (TPSA) is 55.1 Å². The molecule has 17 heavy (non-hydrogen) atoms. The molecule has 0 aliphatic carbocycles. The summed E-state index contributed by atoms with van der Waals surface area (Å²) in [6.07, 6.45) is 2.59. The lowest BCUT2D eigenvalue weighted by Gasteiger charge is -2.02. The molecule has 5 heteroatoms. The second-order valence-electron chi connectivity index (χ2n) is 4.03. The van der Waals surface area contributed by atoms with Crippen molar-refractivity contribution in [3.8, 4) is 0 Å². The van der Waals surface area contributed by atoms with Gasteiger partial charge in [-0.2, -0.15) is 0 Å². The van der Waals surface area contributed by atoms with Crippen LogP contribution in [-0.2, 0) is 0 Å². The Bertz CT molecular complexity index is 393. The van der Waals surface area contributed by atoms with Crippen LogP contribution in [0.2, 0.25) is 0 Å². The molecule has 3 nitrogen and oxygen atoms in total. The Morgan fingerprint density at radius 3 is 2.71 bits per heavy atom. The summed E-state index contributed by atoms with van der Waals surface area (Å²) in [5, 5.41) is 2.90. The van der Waals surface area contributed by atoms with Crippen LogP contribution in [0.25, 0.3) is 0 Å². The van der Waals surface area contributed by atoms with Crippen LogP contribution in [0.1, 0.15) is 39.4 Å². The molecule has 0 atom stereocenters. The largest absolute Gasteiger partial charge is 0.393 e. The van der Waals surface area contributed by atoms with Gasteiger partial charge in [-0.3, -0.25) is 4.79 Å². The zero-order valence-corrected chi connectivity index (χ0v) is 11.8. The maximum absolute atomic E-state index is 11.8. The van der Waals surface area contributed by atoms with E-state index in [2.05, 4.69) is 5.32 Å². The number of aryl methyl sites for hydroxylation is 2. The first-order chi connectivity index (χ1) is 8.00. The molecule has 0 spiro atoms. The van der Waals surface area contributed by atoms with Crippen LogP contribution in [-0.4, -0.2) is 17.4 Å². The summed E-state index contributed by atoms with van der Waals surface area (Å²) >= 11 is 6.32. The predicted octanol–water partition coefficient (Wildman–Crippen LogP) is 2.55. The number of nitrogens with two attached hydrogens (primary N) is 1. The van der Waals surface area contributed by atoms with Gasteiger partial charge in [0.25, 0.3) is 5.91 Å². The maximum atomic E-state index is 11.8. The van der Waals surface area contributed by atoms with Gasteiger partial charge in [-0.05, 0) is 44.7 Å². The van der Waals surface area contributed by atoms with Crippen LogP contribution in [0.3, 0.4) is 0 Å². The summed E-state index contributed by atoms with van der Waals surface area (Å²) in [6.45, 7) is 4.72. The monoisotopic (exact) mass is 270 g/mol. The first-order valence-corrected chi connectivity index (χ1v) is 6.86. The summed E-state index contributed by atoms with van der Waals surface area (Å²) in [6, 6.07) is 1.93. The van der Waals surface area contributed by atoms with Gasteiger partial charge in [0, 0.05) is 11.4 Å². The van der Waals surface area contributed by atoms with Crippen LogP contribution >= 0.6 is 23.6 Å². The molecule has 94 valence electrons. The lowest BCUT2D eigenvalue weighted by atomic mass is 10.2. The van der Waals surface area contributed by atoms with Gasteiger partial charge in [-0.15, -0.1) is 11.3 Å². The zero-order valence-electron chi connectivity index (χ0n) is 10.2. The summed E-state index contributed by atoms with van der Waals surface area (Å²) in [5.74, 6) is 0.0153. The highest BCUT2D eigenvalue weighted by atomic mass is 32.1. The molecule has 0 bridgehead atoms. The summed E-state index contributed by atoms with van der Waals surface area (Å²) in [7, 11) is 0. The van der Waals surface area contributed by atoms with Crippen molar-refractivity contribution >= 4 is 34.5 Å². The van der Waals surface area contributed by atoms with E-state index in [1.165, 1.54) is 21.8 Å². The number of unbranched alkanes of at least 4 members (excludes halogenated alkanes) is 1. The molecule has 1 aromatic rings. The minimum absolute atomic E-state index is 0.0153. The van der Waals surface area contributed by atoms with E-state index in [0.29, 0.717) is 11.5 Å².